The van der Waals surface area contributed by atoms with E-state index < -0.39 is 11.5 Å². The summed E-state index contributed by atoms with van der Waals surface area (Å²) < 4.78 is 23.2. The van der Waals surface area contributed by atoms with Crippen molar-refractivity contribution < 1.29 is 18.9 Å². The highest BCUT2D eigenvalue weighted by Crippen LogP contribution is 2.37. The molecule has 2 saturated heterocycles. The van der Waals surface area contributed by atoms with Crippen molar-refractivity contribution in [1.82, 2.24) is 5.32 Å². The van der Waals surface area contributed by atoms with Crippen molar-refractivity contribution in [2.24, 2.45) is 0 Å². The van der Waals surface area contributed by atoms with Crippen LogP contribution in [0.5, 0.6) is 5.75 Å². The van der Waals surface area contributed by atoms with Gasteiger partial charge in [-0.05, 0) is 25.1 Å². The average Bonchev–Trinajstić information content (AvgIpc) is 3.11. The predicted molar refractivity (Wildman–Crippen MR) is 72.4 cm³/mol. The topological polar surface area (TPSA) is 49.0 Å². The molecule has 0 saturated carbocycles. The molecule has 2 aliphatic heterocycles. The standard InChI is InChI=1S/C15H20NO4/c1-14(18-11-12-19-14)15(16-8-10-20-15)7-9-17-13-5-3-2-4-6-13/h3-6,16H,7-12H2,1H3. The minimum absolute atomic E-state index is 0.527. The Morgan fingerprint density at radius 3 is 2.60 bits per heavy atom. The van der Waals surface area contributed by atoms with Gasteiger partial charge < -0.3 is 18.9 Å². The van der Waals surface area contributed by atoms with E-state index in [-0.39, 0.29) is 0 Å². The van der Waals surface area contributed by atoms with Gasteiger partial charge in [-0.25, -0.2) is 0 Å². The van der Waals surface area contributed by atoms with Crippen LogP contribution < -0.4 is 10.1 Å². The fourth-order valence-corrected chi connectivity index (χ4v) is 2.74. The second kappa shape index (κ2) is 5.69. The van der Waals surface area contributed by atoms with Gasteiger partial charge in [0, 0.05) is 13.0 Å². The summed E-state index contributed by atoms with van der Waals surface area (Å²) in [7, 11) is 0. The Morgan fingerprint density at radius 2 is 1.95 bits per heavy atom. The van der Waals surface area contributed by atoms with Gasteiger partial charge in [-0.15, -0.1) is 0 Å². The van der Waals surface area contributed by atoms with Crippen LogP contribution in [-0.4, -0.2) is 44.5 Å². The van der Waals surface area contributed by atoms with Gasteiger partial charge in [0.25, 0.3) is 0 Å². The molecule has 2 fully saturated rings. The summed E-state index contributed by atoms with van der Waals surface area (Å²) in [6.07, 6.45) is 0.655. The fourth-order valence-electron chi connectivity index (χ4n) is 2.74. The van der Waals surface area contributed by atoms with Crippen LogP contribution in [0, 0.1) is 6.07 Å². The van der Waals surface area contributed by atoms with Crippen LogP contribution in [-0.2, 0) is 14.2 Å². The summed E-state index contributed by atoms with van der Waals surface area (Å²) in [5.41, 5.74) is -0.635. The molecule has 2 aliphatic rings. The zero-order chi connectivity index (χ0) is 13.9. The van der Waals surface area contributed by atoms with Crippen LogP contribution >= 0.6 is 0 Å². The Hall–Kier alpha value is -1.14. The molecule has 1 aromatic rings. The lowest BCUT2D eigenvalue weighted by Crippen LogP contribution is -2.61. The molecule has 0 amide bonds. The highest BCUT2D eigenvalue weighted by atomic mass is 16.8. The molecule has 109 valence electrons. The van der Waals surface area contributed by atoms with E-state index in [1.807, 2.05) is 31.2 Å². The van der Waals surface area contributed by atoms with Crippen molar-refractivity contribution in [3.63, 3.8) is 0 Å². The molecule has 20 heavy (non-hydrogen) atoms. The monoisotopic (exact) mass is 278 g/mol. The maximum Gasteiger partial charge on any atom is 0.209 e. The smallest absolute Gasteiger partial charge is 0.209 e. The van der Waals surface area contributed by atoms with Gasteiger partial charge >= 0.3 is 0 Å². The highest BCUT2D eigenvalue weighted by molar-refractivity contribution is 5.20. The molecule has 1 N–H and O–H groups in total. The minimum atomic E-state index is -0.753. The number of hydrogen-bond donors (Lipinski definition) is 1. The van der Waals surface area contributed by atoms with Gasteiger partial charge in [-0.2, -0.15) is 0 Å². The lowest BCUT2D eigenvalue weighted by molar-refractivity contribution is -0.272. The molecule has 5 nitrogen and oxygen atoms in total. The molecular weight excluding hydrogens is 258 g/mol. The molecule has 0 aliphatic carbocycles. The molecule has 3 rings (SSSR count). The van der Waals surface area contributed by atoms with Gasteiger partial charge in [0.2, 0.25) is 5.79 Å². The summed E-state index contributed by atoms with van der Waals surface area (Å²) in [6.45, 7) is 5.09. The quantitative estimate of drug-likeness (QED) is 0.880. The maximum absolute atomic E-state index is 5.92. The van der Waals surface area contributed by atoms with Gasteiger partial charge in [0.05, 0.1) is 26.4 Å². The Balaban J connectivity index is 1.63. The first kappa shape index (κ1) is 13.8. The molecule has 5 heteroatoms. The molecule has 0 aromatic heterocycles. The summed E-state index contributed by atoms with van der Waals surface area (Å²) in [5, 5.41) is 3.38. The van der Waals surface area contributed by atoms with E-state index in [2.05, 4.69) is 11.4 Å². The van der Waals surface area contributed by atoms with E-state index in [0.717, 1.165) is 12.3 Å². The second-order valence-electron chi connectivity index (χ2n) is 5.08. The van der Waals surface area contributed by atoms with E-state index in [9.17, 15) is 0 Å². The Labute approximate surface area is 119 Å². The van der Waals surface area contributed by atoms with Gasteiger partial charge in [0.1, 0.15) is 5.75 Å². The van der Waals surface area contributed by atoms with Gasteiger partial charge in [-0.3, -0.25) is 5.32 Å². The normalized spacial score (nSPS) is 28.6. The lowest BCUT2D eigenvalue weighted by atomic mass is 10.0. The first-order valence-corrected chi connectivity index (χ1v) is 7.00. The number of rotatable bonds is 5. The first-order valence-electron chi connectivity index (χ1n) is 7.00. The first-order chi connectivity index (χ1) is 9.74. The molecule has 1 atom stereocenters. The SMILES string of the molecule is CC1(C2(CCOc3cc[c]cc3)NCCO2)OCCO1. The largest absolute Gasteiger partial charge is 0.493 e. The van der Waals surface area contributed by atoms with Crippen LogP contribution in [0.3, 0.4) is 0 Å². The van der Waals surface area contributed by atoms with Crippen molar-refractivity contribution in [2.45, 2.75) is 24.9 Å². The third-order valence-electron chi connectivity index (χ3n) is 3.84. The van der Waals surface area contributed by atoms with Crippen LogP contribution in [0.25, 0.3) is 0 Å². The van der Waals surface area contributed by atoms with Crippen molar-refractivity contribution in [3.05, 3.63) is 30.3 Å². The maximum atomic E-state index is 5.92. The summed E-state index contributed by atoms with van der Waals surface area (Å²) in [6, 6.07) is 10.4. The molecule has 1 radical (unpaired) electrons. The Kier molecular flexibility index (Phi) is 3.94. The Morgan fingerprint density at radius 1 is 1.20 bits per heavy atom. The molecule has 2 heterocycles. The van der Waals surface area contributed by atoms with Crippen molar-refractivity contribution in [1.29, 1.82) is 0 Å². The van der Waals surface area contributed by atoms with E-state index in [0.29, 0.717) is 32.8 Å². The fraction of sp³-hybridized carbons (Fsp3) is 0.600. The third kappa shape index (κ3) is 2.54. The van der Waals surface area contributed by atoms with E-state index >= 15 is 0 Å². The van der Waals surface area contributed by atoms with Crippen molar-refractivity contribution in [2.75, 3.05) is 33.0 Å². The third-order valence-corrected chi connectivity index (χ3v) is 3.84. The van der Waals surface area contributed by atoms with E-state index in [1.165, 1.54) is 0 Å². The van der Waals surface area contributed by atoms with Crippen LogP contribution in [0.4, 0.5) is 0 Å². The Bertz CT molecular complexity index is 425. The number of ether oxygens (including phenoxy) is 4. The molecular formula is C15H20NO4. The van der Waals surface area contributed by atoms with E-state index in [4.69, 9.17) is 18.9 Å². The molecule has 0 bridgehead atoms. The van der Waals surface area contributed by atoms with Crippen LogP contribution in [0.2, 0.25) is 0 Å². The van der Waals surface area contributed by atoms with E-state index in [1.54, 1.807) is 0 Å². The highest BCUT2D eigenvalue weighted by Gasteiger charge is 2.55. The van der Waals surface area contributed by atoms with Gasteiger partial charge in [0.15, 0.2) is 5.72 Å². The van der Waals surface area contributed by atoms with Crippen molar-refractivity contribution in [3.8, 4) is 5.75 Å². The van der Waals surface area contributed by atoms with Crippen LogP contribution in [0.1, 0.15) is 13.3 Å². The lowest BCUT2D eigenvalue weighted by Gasteiger charge is -2.40. The zero-order valence-corrected chi connectivity index (χ0v) is 11.7. The predicted octanol–water partition coefficient (Wildman–Crippen LogP) is 1.33. The number of nitrogens with one attached hydrogen (secondary N) is 1. The molecule has 0 spiro atoms. The zero-order valence-electron chi connectivity index (χ0n) is 11.7. The molecule has 1 aromatic carbocycles. The van der Waals surface area contributed by atoms with Gasteiger partial charge in [-0.1, -0.05) is 12.1 Å². The van der Waals surface area contributed by atoms with Crippen LogP contribution in [0.15, 0.2) is 24.3 Å². The second-order valence-corrected chi connectivity index (χ2v) is 5.08. The summed E-state index contributed by atoms with van der Waals surface area (Å²) >= 11 is 0. The molecule has 1 unspecified atom stereocenters. The summed E-state index contributed by atoms with van der Waals surface area (Å²) in [5.74, 6) is 0.0763. The summed E-state index contributed by atoms with van der Waals surface area (Å²) in [4.78, 5) is 0. The number of benzene rings is 1. The average molecular weight is 278 g/mol. The minimum Gasteiger partial charge on any atom is -0.493 e. The number of hydrogen-bond acceptors (Lipinski definition) is 5. The van der Waals surface area contributed by atoms with Crippen molar-refractivity contribution >= 4 is 0 Å².